The predicted octanol–water partition coefficient (Wildman–Crippen LogP) is -0.942. The van der Waals surface area contributed by atoms with Gasteiger partial charge in [-0.3, -0.25) is 0 Å². The summed E-state index contributed by atoms with van der Waals surface area (Å²) < 4.78 is 0. The van der Waals surface area contributed by atoms with Crippen LogP contribution in [0.4, 0.5) is 0 Å². The van der Waals surface area contributed by atoms with Crippen LogP contribution in [0.15, 0.2) is 0 Å². The number of nitrogens with one attached hydrogen (secondary N) is 1. The number of hydrogen-bond donors (Lipinski definition) is 4. The van der Waals surface area contributed by atoms with Crippen LogP contribution in [0, 0.1) is 0 Å². The van der Waals surface area contributed by atoms with Crippen LogP contribution in [0.3, 0.4) is 0 Å². The van der Waals surface area contributed by atoms with E-state index in [0.717, 1.165) is 19.4 Å². The maximum atomic E-state index is 8.55. The molecular weight excluding hydrogens is 156 g/mol. The molecule has 1 unspecified atom stereocenters. The maximum absolute atomic E-state index is 8.55. The summed E-state index contributed by atoms with van der Waals surface area (Å²) in [4.78, 5) is 0. The minimum Gasteiger partial charge on any atom is -0.396 e. The van der Waals surface area contributed by atoms with Crippen LogP contribution in [0.2, 0.25) is 0 Å². The fourth-order valence-electron chi connectivity index (χ4n) is 1.00. The number of rotatable bonds is 8. The summed E-state index contributed by atoms with van der Waals surface area (Å²) in [5.74, 6) is 0. The van der Waals surface area contributed by atoms with Crippen LogP contribution in [0.5, 0.6) is 0 Å². The second kappa shape index (κ2) is 8.93. The molecule has 0 aliphatic carbocycles. The molecule has 0 aromatic carbocycles. The summed E-state index contributed by atoms with van der Waals surface area (Å²) in [6.45, 7) is 1.89. The molecule has 0 aliphatic heterocycles. The molecule has 0 amide bonds. The fraction of sp³-hybridized carbons (Fsp3) is 1.00. The van der Waals surface area contributed by atoms with Crippen LogP contribution in [0.25, 0.3) is 0 Å². The van der Waals surface area contributed by atoms with Gasteiger partial charge in [-0.25, -0.2) is 0 Å². The molecule has 0 aromatic heterocycles. The zero-order valence-corrected chi connectivity index (χ0v) is 7.50. The Bertz CT molecular complexity index is 91.1. The van der Waals surface area contributed by atoms with Gasteiger partial charge in [-0.15, -0.1) is 0 Å². The van der Waals surface area contributed by atoms with Gasteiger partial charge in [0, 0.05) is 19.2 Å². The summed E-state index contributed by atoms with van der Waals surface area (Å²) in [5.41, 5.74) is 5.66. The van der Waals surface area contributed by atoms with Crippen LogP contribution >= 0.6 is 0 Å². The standard InChI is InChI=1S/C8H20N2O2/c9-8(3-6-11)2-1-4-10-5-7-12/h8,10-12H,1-7,9H2. The summed E-state index contributed by atoms with van der Waals surface area (Å²) in [6, 6.07) is 0.117. The molecule has 5 N–H and O–H groups in total. The normalized spacial score (nSPS) is 13.2. The first-order chi connectivity index (χ1) is 5.81. The first-order valence-electron chi connectivity index (χ1n) is 4.49. The largest absolute Gasteiger partial charge is 0.396 e. The van der Waals surface area contributed by atoms with Crippen molar-refractivity contribution >= 4 is 0 Å². The molecule has 0 saturated carbocycles. The van der Waals surface area contributed by atoms with E-state index in [4.69, 9.17) is 15.9 Å². The van der Waals surface area contributed by atoms with Gasteiger partial charge in [-0.2, -0.15) is 0 Å². The fourth-order valence-corrected chi connectivity index (χ4v) is 1.00. The zero-order chi connectivity index (χ0) is 9.23. The summed E-state index contributed by atoms with van der Waals surface area (Å²) in [7, 11) is 0. The Hall–Kier alpha value is -0.160. The van der Waals surface area contributed by atoms with Gasteiger partial charge in [0.2, 0.25) is 0 Å². The molecule has 74 valence electrons. The Labute approximate surface area is 73.8 Å². The Morgan fingerprint density at radius 1 is 1.08 bits per heavy atom. The summed E-state index contributed by atoms with van der Waals surface area (Å²) in [5, 5.41) is 20.1. The number of aliphatic hydroxyl groups excluding tert-OH is 2. The van der Waals surface area contributed by atoms with E-state index in [2.05, 4.69) is 5.32 Å². The van der Waals surface area contributed by atoms with Crippen molar-refractivity contribution in [3.05, 3.63) is 0 Å². The molecule has 0 spiro atoms. The van der Waals surface area contributed by atoms with Gasteiger partial charge in [0.05, 0.1) is 6.61 Å². The van der Waals surface area contributed by atoms with Crippen molar-refractivity contribution in [2.45, 2.75) is 25.3 Å². The second-order valence-corrected chi connectivity index (χ2v) is 2.89. The maximum Gasteiger partial charge on any atom is 0.0555 e. The van der Waals surface area contributed by atoms with Gasteiger partial charge < -0.3 is 21.3 Å². The van der Waals surface area contributed by atoms with Crippen molar-refractivity contribution in [1.82, 2.24) is 5.32 Å². The molecule has 1 atom stereocenters. The monoisotopic (exact) mass is 176 g/mol. The third-order valence-electron chi connectivity index (χ3n) is 1.72. The Morgan fingerprint density at radius 2 is 1.83 bits per heavy atom. The van der Waals surface area contributed by atoms with E-state index < -0.39 is 0 Å². The van der Waals surface area contributed by atoms with Gasteiger partial charge in [-0.1, -0.05) is 0 Å². The van der Waals surface area contributed by atoms with Crippen molar-refractivity contribution in [3.63, 3.8) is 0 Å². The molecule has 0 bridgehead atoms. The number of nitrogens with two attached hydrogens (primary N) is 1. The summed E-state index contributed by atoms with van der Waals surface area (Å²) >= 11 is 0. The number of hydrogen-bond acceptors (Lipinski definition) is 4. The third-order valence-corrected chi connectivity index (χ3v) is 1.72. The Balaban J connectivity index is 2.97. The van der Waals surface area contributed by atoms with E-state index in [1.165, 1.54) is 0 Å². The molecular formula is C8H20N2O2. The lowest BCUT2D eigenvalue weighted by Crippen LogP contribution is -2.25. The Morgan fingerprint density at radius 3 is 2.42 bits per heavy atom. The molecule has 0 heterocycles. The zero-order valence-electron chi connectivity index (χ0n) is 7.50. The molecule has 0 aromatic rings. The quantitative estimate of drug-likeness (QED) is 0.360. The minimum absolute atomic E-state index is 0.117. The van der Waals surface area contributed by atoms with Crippen LogP contribution in [0.1, 0.15) is 19.3 Å². The molecule has 4 nitrogen and oxygen atoms in total. The molecule has 12 heavy (non-hydrogen) atoms. The summed E-state index contributed by atoms with van der Waals surface area (Å²) in [6.07, 6.45) is 2.61. The second-order valence-electron chi connectivity index (χ2n) is 2.89. The average molecular weight is 176 g/mol. The number of aliphatic hydroxyl groups is 2. The van der Waals surface area contributed by atoms with E-state index in [-0.39, 0.29) is 19.3 Å². The van der Waals surface area contributed by atoms with Gasteiger partial charge in [0.15, 0.2) is 0 Å². The first-order valence-corrected chi connectivity index (χ1v) is 4.49. The van der Waals surface area contributed by atoms with E-state index >= 15 is 0 Å². The van der Waals surface area contributed by atoms with Crippen LogP contribution in [-0.2, 0) is 0 Å². The van der Waals surface area contributed by atoms with Gasteiger partial charge >= 0.3 is 0 Å². The van der Waals surface area contributed by atoms with Gasteiger partial charge in [0.25, 0.3) is 0 Å². The smallest absolute Gasteiger partial charge is 0.0555 e. The first kappa shape index (κ1) is 11.8. The van der Waals surface area contributed by atoms with Crippen molar-refractivity contribution in [3.8, 4) is 0 Å². The highest BCUT2D eigenvalue weighted by Crippen LogP contribution is 1.96. The Kier molecular flexibility index (Phi) is 8.81. The molecule has 0 saturated heterocycles. The van der Waals surface area contributed by atoms with Crippen LogP contribution in [-0.4, -0.2) is 42.6 Å². The molecule has 0 fully saturated rings. The van der Waals surface area contributed by atoms with Crippen molar-refractivity contribution < 1.29 is 10.2 Å². The molecule has 4 heteroatoms. The van der Waals surface area contributed by atoms with Crippen molar-refractivity contribution in [2.24, 2.45) is 5.73 Å². The molecule has 0 radical (unpaired) electrons. The van der Waals surface area contributed by atoms with Gasteiger partial charge in [0.1, 0.15) is 0 Å². The predicted molar refractivity (Wildman–Crippen MR) is 48.9 cm³/mol. The van der Waals surface area contributed by atoms with Crippen molar-refractivity contribution in [2.75, 3.05) is 26.3 Å². The molecule has 0 rings (SSSR count). The molecule has 0 aliphatic rings. The highest BCUT2D eigenvalue weighted by Gasteiger charge is 1.99. The third kappa shape index (κ3) is 7.94. The lowest BCUT2D eigenvalue weighted by atomic mass is 10.1. The van der Waals surface area contributed by atoms with E-state index in [1.54, 1.807) is 0 Å². The topological polar surface area (TPSA) is 78.5 Å². The minimum atomic E-state index is 0.117. The van der Waals surface area contributed by atoms with E-state index in [9.17, 15) is 0 Å². The van der Waals surface area contributed by atoms with Crippen LogP contribution < -0.4 is 11.1 Å². The van der Waals surface area contributed by atoms with E-state index in [1.807, 2.05) is 0 Å². The average Bonchev–Trinajstić information content (AvgIpc) is 2.05. The highest BCUT2D eigenvalue weighted by atomic mass is 16.3. The highest BCUT2D eigenvalue weighted by molar-refractivity contribution is 4.61. The van der Waals surface area contributed by atoms with E-state index in [0.29, 0.717) is 13.0 Å². The van der Waals surface area contributed by atoms with Gasteiger partial charge in [-0.05, 0) is 25.8 Å². The lowest BCUT2D eigenvalue weighted by molar-refractivity contribution is 0.271. The SMILES string of the molecule is NC(CCO)CCCNCCO. The lowest BCUT2D eigenvalue weighted by Gasteiger charge is -2.09. The van der Waals surface area contributed by atoms with Crippen molar-refractivity contribution in [1.29, 1.82) is 0 Å².